The summed E-state index contributed by atoms with van der Waals surface area (Å²) in [6.45, 7) is 1.33. The Balaban J connectivity index is 1.56. The number of ether oxygens (including phenoxy) is 1. The third-order valence-corrected chi connectivity index (χ3v) is 4.05. The van der Waals surface area contributed by atoms with Gasteiger partial charge in [0, 0.05) is 37.0 Å². The average Bonchev–Trinajstić information content (AvgIpc) is 2.89. The average molecular weight is 289 g/mol. The molecule has 2 aromatic heterocycles. The molecular formula is C14H19N5O2. The van der Waals surface area contributed by atoms with Crippen LogP contribution in [0.2, 0.25) is 0 Å². The van der Waals surface area contributed by atoms with Crippen LogP contribution in [0.1, 0.15) is 19.3 Å². The van der Waals surface area contributed by atoms with Crippen LogP contribution in [0.15, 0.2) is 24.7 Å². The fourth-order valence-electron chi connectivity index (χ4n) is 2.69. The van der Waals surface area contributed by atoms with Crippen LogP contribution in [0.25, 0.3) is 5.65 Å². The number of carbonyl (C=O) groups is 1. The van der Waals surface area contributed by atoms with Gasteiger partial charge >= 0.3 is 6.03 Å². The summed E-state index contributed by atoms with van der Waals surface area (Å²) in [6.07, 6.45) is 6.84. The van der Waals surface area contributed by atoms with Crippen LogP contribution in [0, 0.1) is 5.41 Å². The van der Waals surface area contributed by atoms with Crippen molar-refractivity contribution in [3.63, 3.8) is 0 Å². The van der Waals surface area contributed by atoms with Crippen LogP contribution >= 0.6 is 0 Å². The van der Waals surface area contributed by atoms with E-state index in [0.717, 1.165) is 12.8 Å². The summed E-state index contributed by atoms with van der Waals surface area (Å²) in [5.41, 5.74) is 1.51. The number of rotatable bonds is 5. The highest BCUT2D eigenvalue weighted by Crippen LogP contribution is 2.40. The van der Waals surface area contributed by atoms with Gasteiger partial charge in [0.1, 0.15) is 6.33 Å². The third-order valence-electron chi connectivity index (χ3n) is 4.05. The fraction of sp³-hybridized carbons (Fsp3) is 0.500. The molecule has 2 aromatic rings. The monoisotopic (exact) mass is 289 g/mol. The Labute approximate surface area is 122 Å². The molecule has 0 aliphatic heterocycles. The van der Waals surface area contributed by atoms with E-state index in [0.29, 0.717) is 24.5 Å². The van der Waals surface area contributed by atoms with Gasteiger partial charge in [-0.3, -0.25) is 4.40 Å². The zero-order valence-corrected chi connectivity index (χ0v) is 12.0. The number of nitrogens with one attached hydrogen (secondary N) is 2. The molecule has 0 aromatic carbocycles. The molecule has 3 rings (SSSR count). The largest absolute Gasteiger partial charge is 0.384 e. The number of pyridine rings is 1. The van der Waals surface area contributed by atoms with Gasteiger partial charge in [0.2, 0.25) is 0 Å². The Morgan fingerprint density at radius 3 is 3.10 bits per heavy atom. The lowest BCUT2D eigenvalue weighted by atomic mass is 9.69. The van der Waals surface area contributed by atoms with Crippen LogP contribution in [0.3, 0.4) is 0 Å². The molecule has 7 heteroatoms. The van der Waals surface area contributed by atoms with Crippen LogP contribution in [0.4, 0.5) is 10.5 Å². The number of hydrogen-bond donors (Lipinski definition) is 2. The van der Waals surface area contributed by atoms with Crippen LogP contribution in [-0.4, -0.2) is 40.9 Å². The summed E-state index contributed by atoms with van der Waals surface area (Å²) in [4.78, 5) is 12.0. The topological polar surface area (TPSA) is 80.5 Å². The number of nitrogens with zero attached hydrogens (tertiary/aromatic N) is 3. The molecule has 1 aliphatic carbocycles. The molecule has 2 heterocycles. The maximum atomic E-state index is 12.0. The number of hydrogen-bond acceptors (Lipinski definition) is 4. The van der Waals surface area contributed by atoms with Gasteiger partial charge in [0.15, 0.2) is 5.65 Å². The fourth-order valence-corrected chi connectivity index (χ4v) is 2.69. The number of methoxy groups -OCH3 is 1. The highest BCUT2D eigenvalue weighted by Gasteiger charge is 2.37. The Kier molecular flexibility index (Phi) is 3.74. The summed E-state index contributed by atoms with van der Waals surface area (Å²) in [6, 6.07) is 3.38. The molecule has 2 N–H and O–H groups in total. The molecule has 0 unspecified atom stereocenters. The van der Waals surface area contributed by atoms with E-state index in [1.165, 1.54) is 6.42 Å². The smallest absolute Gasteiger partial charge is 0.319 e. The van der Waals surface area contributed by atoms with E-state index >= 15 is 0 Å². The zero-order chi connectivity index (χ0) is 14.7. The number of anilines is 1. The van der Waals surface area contributed by atoms with Crippen molar-refractivity contribution in [2.45, 2.75) is 19.3 Å². The molecule has 112 valence electrons. The van der Waals surface area contributed by atoms with Crippen molar-refractivity contribution in [1.82, 2.24) is 19.9 Å². The molecule has 0 bridgehead atoms. The molecular weight excluding hydrogens is 270 g/mol. The van der Waals surface area contributed by atoms with Gasteiger partial charge in [-0.25, -0.2) is 4.79 Å². The highest BCUT2D eigenvalue weighted by molar-refractivity contribution is 5.89. The molecule has 1 saturated carbocycles. The first-order chi connectivity index (χ1) is 10.2. The Morgan fingerprint density at radius 2 is 2.38 bits per heavy atom. The van der Waals surface area contributed by atoms with E-state index < -0.39 is 0 Å². The van der Waals surface area contributed by atoms with Crippen LogP contribution in [-0.2, 0) is 4.74 Å². The second-order valence-electron chi connectivity index (χ2n) is 5.61. The quantitative estimate of drug-likeness (QED) is 0.877. The summed E-state index contributed by atoms with van der Waals surface area (Å²) >= 11 is 0. The van der Waals surface area contributed by atoms with E-state index in [-0.39, 0.29) is 11.4 Å². The molecule has 1 aliphatic rings. The zero-order valence-electron chi connectivity index (χ0n) is 12.0. The number of carbonyl (C=O) groups excluding carboxylic acids is 1. The maximum Gasteiger partial charge on any atom is 0.319 e. The molecule has 2 amide bonds. The van der Waals surface area contributed by atoms with Crippen molar-refractivity contribution in [2.24, 2.45) is 5.41 Å². The van der Waals surface area contributed by atoms with E-state index in [1.54, 1.807) is 23.9 Å². The molecule has 0 radical (unpaired) electrons. The number of amides is 2. The molecule has 7 nitrogen and oxygen atoms in total. The predicted octanol–water partition coefficient (Wildman–Crippen LogP) is 1.67. The first-order valence-electron chi connectivity index (χ1n) is 7.04. The first kappa shape index (κ1) is 13.8. The van der Waals surface area contributed by atoms with Gasteiger partial charge in [-0.05, 0) is 18.9 Å². The first-order valence-corrected chi connectivity index (χ1v) is 7.04. The van der Waals surface area contributed by atoms with Crippen molar-refractivity contribution in [1.29, 1.82) is 0 Å². The van der Waals surface area contributed by atoms with Gasteiger partial charge in [0.25, 0.3) is 0 Å². The SMILES string of the molecule is COCC1(CNC(=O)Nc2ccn3cnnc3c2)CCC1. The van der Waals surface area contributed by atoms with Crippen molar-refractivity contribution in [3.05, 3.63) is 24.7 Å². The lowest BCUT2D eigenvalue weighted by Gasteiger charge is -2.41. The third kappa shape index (κ3) is 2.97. The minimum atomic E-state index is -0.207. The van der Waals surface area contributed by atoms with E-state index in [2.05, 4.69) is 20.8 Å². The van der Waals surface area contributed by atoms with E-state index in [1.807, 2.05) is 12.3 Å². The number of fused-ring (bicyclic) bond motifs is 1. The summed E-state index contributed by atoms with van der Waals surface area (Å²) in [5.74, 6) is 0. The summed E-state index contributed by atoms with van der Waals surface area (Å²) in [5, 5.41) is 13.5. The summed E-state index contributed by atoms with van der Waals surface area (Å²) < 4.78 is 7.03. The minimum absolute atomic E-state index is 0.114. The van der Waals surface area contributed by atoms with Gasteiger partial charge in [-0.15, -0.1) is 10.2 Å². The second-order valence-corrected chi connectivity index (χ2v) is 5.61. The summed E-state index contributed by atoms with van der Waals surface area (Å²) in [7, 11) is 1.70. The Hall–Kier alpha value is -2.15. The Morgan fingerprint density at radius 1 is 1.52 bits per heavy atom. The van der Waals surface area contributed by atoms with Crippen molar-refractivity contribution >= 4 is 17.4 Å². The number of urea groups is 1. The van der Waals surface area contributed by atoms with E-state index in [9.17, 15) is 4.79 Å². The molecule has 0 atom stereocenters. The predicted molar refractivity (Wildman–Crippen MR) is 78.2 cm³/mol. The molecule has 0 saturated heterocycles. The normalized spacial score (nSPS) is 16.4. The van der Waals surface area contributed by atoms with Gasteiger partial charge in [-0.1, -0.05) is 6.42 Å². The standard InChI is InChI=1S/C14H19N5O2/c1-21-9-14(4-2-5-14)8-15-13(20)17-11-3-6-19-10-16-18-12(19)7-11/h3,6-7,10H,2,4-5,8-9H2,1H3,(H2,15,17,20). The van der Waals surface area contributed by atoms with Crippen molar-refractivity contribution in [2.75, 3.05) is 25.6 Å². The Bertz CT molecular complexity index is 635. The second kappa shape index (κ2) is 5.69. The molecule has 21 heavy (non-hydrogen) atoms. The molecule has 0 spiro atoms. The van der Waals surface area contributed by atoms with Crippen LogP contribution < -0.4 is 10.6 Å². The lowest BCUT2D eigenvalue weighted by molar-refractivity contribution is 0.0203. The van der Waals surface area contributed by atoms with Gasteiger partial charge in [-0.2, -0.15) is 0 Å². The van der Waals surface area contributed by atoms with Gasteiger partial charge in [0.05, 0.1) is 6.61 Å². The highest BCUT2D eigenvalue weighted by atomic mass is 16.5. The van der Waals surface area contributed by atoms with Crippen molar-refractivity contribution < 1.29 is 9.53 Å². The number of aromatic nitrogens is 3. The minimum Gasteiger partial charge on any atom is -0.384 e. The van der Waals surface area contributed by atoms with Gasteiger partial charge < -0.3 is 15.4 Å². The van der Waals surface area contributed by atoms with Crippen molar-refractivity contribution in [3.8, 4) is 0 Å². The lowest BCUT2D eigenvalue weighted by Crippen LogP contribution is -2.46. The van der Waals surface area contributed by atoms with Crippen LogP contribution in [0.5, 0.6) is 0 Å². The van der Waals surface area contributed by atoms with E-state index in [4.69, 9.17) is 4.74 Å². The molecule has 1 fully saturated rings. The maximum absolute atomic E-state index is 12.0.